The summed E-state index contributed by atoms with van der Waals surface area (Å²) in [6.07, 6.45) is 0. The maximum atomic E-state index is 13.9. The molecule has 1 aliphatic heterocycles. The largest absolute Gasteiger partial charge is 0.246 e. The van der Waals surface area contributed by atoms with Crippen LogP contribution in [0.25, 0.3) is 0 Å². The van der Waals surface area contributed by atoms with Gasteiger partial charge in [0.2, 0.25) is 20.0 Å². The highest BCUT2D eigenvalue weighted by atomic mass is 79.9. The number of hydrogen-bond acceptors (Lipinski definition) is 4. The van der Waals surface area contributed by atoms with E-state index in [1.165, 1.54) is 10.4 Å². The molecule has 0 aliphatic carbocycles. The smallest absolute Gasteiger partial charge is 0.207 e. The van der Waals surface area contributed by atoms with Crippen molar-refractivity contribution in [3.63, 3.8) is 0 Å². The van der Waals surface area contributed by atoms with Crippen molar-refractivity contribution in [1.29, 1.82) is 0 Å². The first-order valence-electron chi connectivity index (χ1n) is 7.84. The highest BCUT2D eigenvalue weighted by Gasteiger charge is 2.35. The molecule has 2 aromatic carbocycles. The molecule has 0 atom stereocenters. The molecule has 0 radical (unpaired) electrons. The Morgan fingerprint density at radius 1 is 0.778 bits per heavy atom. The zero-order valence-electron chi connectivity index (χ0n) is 13.8. The van der Waals surface area contributed by atoms with Crippen LogP contribution in [0.4, 0.5) is 8.78 Å². The van der Waals surface area contributed by atoms with Crippen LogP contribution in [-0.4, -0.2) is 51.6 Å². The summed E-state index contributed by atoms with van der Waals surface area (Å²) >= 11 is 3.20. The second kappa shape index (κ2) is 7.55. The van der Waals surface area contributed by atoms with Crippen LogP contribution < -0.4 is 0 Å². The van der Waals surface area contributed by atoms with Crippen molar-refractivity contribution in [2.75, 3.05) is 26.2 Å². The molecule has 0 saturated carbocycles. The second-order valence-corrected chi connectivity index (χ2v) is 10.5. The highest BCUT2D eigenvalue weighted by molar-refractivity contribution is 9.10. The van der Waals surface area contributed by atoms with Gasteiger partial charge in [-0.2, -0.15) is 8.61 Å². The molecule has 0 amide bonds. The van der Waals surface area contributed by atoms with E-state index < -0.39 is 36.6 Å². The minimum absolute atomic E-state index is 0.0777. The van der Waals surface area contributed by atoms with Gasteiger partial charge in [0.05, 0.1) is 4.90 Å². The molecular formula is C16H15BrF2N2O4S2. The molecule has 27 heavy (non-hydrogen) atoms. The van der Waals surface area contributed by atoms with Crippen molar-refractivity contribution in [1.82, 2.24) is 8.61 Å². The van der Waals surface area contributed by atoms with Crippen LogP contribution in [0.5, 0.6) is 0 Å². The monoisotopic (exact) mass is 480 g/mol. The minimum atomic E-state index is -4.19. The maximum Gasteiger partial charge on any atom is 0.246 e. The molecule has 0 aromatic heterocycles. The molecule has 2 aromatic rings. The molecule has 11 heteroatoms. The second-order valence-electron chi connectivity index (χ2n) is 5.81. The Morgan fingerprint density at radius 2 is 1.30 bits per heavy atom. The van der Waals surface area contributed by atoms with Gasteiger partial charge in [-0.1, -0.05) is 12.1 Å². The van der Waals surface area contributed by atoms with E-state index in [1.807, 2.05) is 0 Å². The summed E-state index contributed by atoms with van der Waals surface area (Å²) in [6, 6.07) is 8.57. The van der Waals surface area contributed by atoms with Crippen molar-refractivity contribution in [2.45, 2.75) is 9.79 Å². The van der Waals surface area contributed by atoms with E-state index in [1.54, 1.807) is 18.2 Å². The molecule has 1 fully saturated rings. The molecular weight excluding hydrogens is 466 g/mol. The third kappa shape index (κ3) is 3.92. The lowest BCUT2D eigenvalue weighted by Crippen LogP contribution is -2.50. The lowest BCUT2D eigenvalue weighted by Gasteiger charge is -2.33. The summed E-state index contributed by atoms with van der Waals surface area (Å²) in [6.45, 7) is -0.427. The van der Waals surface area contributed by atoms with Crippen molar-refractivity contribution < 1.29 is 25.6 Å². The average Bonchev–Trinajstić information content (AvgIpc) is 2.61. The summed E-state index contributed by atoms with van der Waals surface area (Å²) in [4.78, 5) is -0.545. The van der Waals surface area contributed by atoms with Crippen molar-refractivity contribution in [2.24, 2.45) is 0 Å². The first kappa shape index (κ1) is 20.3. The molecule has 0 unspecified atom stereocenters. The molecule has 0 N–H and O–H groups in total. The number of hydrogen-bond donors (Lipinski definition) is 0. The van der Waals surface area contributed by atoms with Crippen LogP contribution in [-0.2, 0) is 20.0 Å². The fraction of sp³-hybridized carbons (Fsp3) is 0.250. The van der Waals surface area contributed by atoms with Crippen molar-refractivity contribution in [3.8, 4) is 0 Å². The van der Waals surface area contributed by atoms with E-state index in [2.05, 4.69) is 15.9 Å². The standard InChI is InChI=1S/C16H15BrF2N2O4S2/c17-13-3-1-2-4-15(13)26(22,23)20-7-9-21(10-8-20)27(24,25)16-6-5-12(18)11-14(16)19/h1-6,11H,7-10H2. The van der Waals surface area contributed by atoms with Gasteiger partial charge in [0.25, 0.3) is 0 Å². The number of rotatable bonds is 4. The van der Waals surface area contributed by atoms with E-state index in [0.717, 1.165) is 16.4 Å². The van der Waals surface area contributed by atoms with Crippen LogP contribution in [0.2, 0.25) is 0 Å². The molecule has 1 heterocycles. The predicted octanol–water partition coefficient (Wildman–Crippen LogP) is 2.42. The van der Waals surface area contributed by atoms with E-state index in [0.29, 0.717) is 10.5 Å². The lowest BCUT2D eigenvalue weighted by molar-refractivity contribution is 0.272. The molecule has 1 saturated heterocycles. The number of benzene rings is 2. The fourth-order valence-electron chi connectivity index (χ4n) is 2.77. The Morgan fingerprint density at radius 3 is 1.81 bits per heavy atom. The minimum Gasteiger partial charge on any atom is -0.207 e. The van der Waals surface area contributed by atoms with Gasteiger partial charge in [-0.15, -0.1) is 0 Å². The van der Waals surface area contributed by atoms with Crippen LogP contribution in [0.1, 0.15) is 0 Å². The van der Waals surface area contributed by atoms with E-state index in [-0.39, 0.29) is 31.1 Å². The lowest BCUT2D eigenvalue weighted by atomic mass is 10.3. The highest BCUT2D eigenvalue weighted by Crippen LogP contribution is 2.27. The third-order valence-electron chi connectivity index (χ3n) is 4.16. The first-order valence-corrected chi connectivity index (χ1v) is 11.5. The summed E-state index contributed by atoms with van der Waals surface area (Å²) < 4.78 is 80.2. The number of nitrogens with zero attached hydrogens (tertiary/aromatic N) is 2. The van der Waals surface area contributed by atoms with Gasteiger partial charge in [-0.25, -0.2) is 25.6 Å². The van der Waals surface area contributed by atoms with E-state index >= 15 is 0 Å². The van der Waals surface area contributed by atoms with Gasteiger partial charge in [0.15, 0.2) is 0 Å². The molecule has 1 aliphatic rings. The van der Waals surface area contributed by atoms with Gasteiger partial charge in [-0.3, -0.25) is 0 Å². The Balaban J connectivity index is 1.80. The van der Waals surface area contributed by atoms with Crippen molar-refractivity contribution >= 4 is 36.0 Å². The molecule has 0 bridgehead atoms. The topological polar surface area (TPSA) is 74.8 Å². The SMILES string of the molecule is O=S(=O)(c1ccc(F)cc1F)N1CCN(S(=O)(=O)c2ccccc2Br)CC1. The van der Waals surface area contributed by atoms with E-state index in [9.17, 15) is 25.6 Å². The number of halogens is 3. The number of piperazine rings is 1. The van der Waals surface area contributed by atoms with Crippen LogP contribution in [0, 0.1) is 11.6 Å². The zero-order valence-corrected chi connectivity index (χ0v) is 17.1. The molecule has 6 nitrogen and oxygen atoms in total. The summed E-state index contributed by atoms with van der Waals surface area (Å²) in [5.41, 5.74) is 0. The van der Waals surface area contributed by atoms with Gasteiger partial charge in [-0.05, 0) is 40.2 Å². The third-order valence-corrected chi connectivity index (χ3v) is 9.01. The van der Waals surface area contributed by atoms with Gasteiger partial charge >= 0.3 is 0 Å². The normalized spacial score (nSPS) is 17.1. The Labute approximate surface area is 164 Å². The van der Waals surface area contributed by atoms with Gasteiger partial charge in [0.1, 0.15) is 16.5 Å². The van der Waals surface area contributed by atoms with Crippen LogP contribution >= 0.6 is 15.9 Å². The van der Waals surface area contributed by atoms with Gasteiger partial charge in [0, 0.05) is 36.7 Å². The molecule has 3 rings (SSSR count). The van der Waals surface area contributed by atoms with Crippen LogP contribution in [0.3, 0.4) is 0 Å². The van der Waals surface area contributed by atoms with E-state index in [4.69, 9.17) is 0 Å². The number of sulfonamides is 2. The summed E-state index contributed by atoms with van der Waals surface area (Å²) in [5.74, 6) is -2.06. The Bertz CT molecular complexity index is 1070. The first-order chi connectivity index (χ1) is 12.6. The maximum absolute atomic E-state index is 13.9. The van der Waals surface area contributed by atoms with Gasteiger partial charge < -0.3 is 0 Å². The summed E-state index contributed by atoms with van der Waals surface area (Å²) in [5, 5.41) is 0. The van der Waals surface area contributed by atoms with Crippen LogP contribution in [0.15, 0.2) is 56.7 Å². The predicted molar refractivity (Wildman–Crippen MR) is 98.0 cm³/mol. The zero-order chi connectivity index (χ0) is 19.8. The fourth-order valence-corrected chi connectivity index (χ4v) is 6.62. The quantitative estimate of drug-likeness (QED) is 0.673. The average molecular weight is 481 g/mol. The molecule has 0 spiro atoms. The Kier molecular flexibility index (Phi) is 5.69. The molecule has 146 valence electrons. The Hall–Kier alpha value is -1.40. The van der Waals surface area contributed by atoms with Crippen molar-refractivity contribution in [3.05, 3.63) is 58.6 Å². The summed E-state index contributed by atoms with van der Waals surface area (Å²) in [7, 11) is -7.99.